The summed E-state index contributed by atoms with van der Waals surface area (Å²) in [6.45, 7) is 0. The number of amides is 2. The minimum Gasteiger partial charge on any atom is -0.366 e. The molecule has 0 aliphatic heterocycles. The fourth-order valence-electron chi connectivity index (χ4n) is 1.82. The van der Waals surface area contributed by atoms with E-state index < -0.39 is 11.8 Å². The van der Waals surface area contributed by atoms with E-state index in [0.717, 1.165) is 0 Å². The highest BCUT2D eigenvalue weighted by Gasteiger charge is 2.12. The van der Waals surface area contributed by atoms with Crippen LogP contribution in [-0.4, -0.2) is 16.9 Å². The molecule has 0 radical (unpaired) electrons. The number of benzene rings is 2. The Morgan fingerprint density at radius 1 is 1.04 bits per heavy atom. The second-order valence-corrected chi connectivity index (χ2v) is 5.76. The highest BCUT2D eigenvalue weighted by Crippen LogP contribution is 2.19. The number of carbonyl (C=O) groups is 2. The number of thiocarbonyl (C=S) groups is 1. The Morgan fingerprint density at radius 3 is 2.26 bits per heavy atom. The molecule has 2 rings (SSSR count). The topological polar surface area (TPSA) is 84.2 Å². The number of hydrogen-bond acceptors (Lipinski definition) is 3. The van der Waals surface area contributed by atoms with Crippen molar-refractivity contribution in [2.24, 2.45) is 5.73 Å². The number of carbonyl (C=O) groups excluding carboxylic acids is 2. The van der Waals surface area contributed by atoms with Gasteiger partial charge in [-0.05, 0) is 42.5 Å². The van der Waals surface area contributed by atoms with Crippen molar-refractivity contribution in [2.75, 3.05) is 5.32 Å². The summed E-state index contributed by atoms with van der Waals surface area (Å²) in [6, 6.07) is 11.0. The molecule has 0 spiro atoms. The molecule has 0 bridgehead atoms. The summed E-state index contributed by atoms with van der Waals surface area (Å²) in [7, 11) is 0. The van der Waals surface area contributed by atoms with Crippen LogP contribution in [0.2, 0.25) is 10.0 Å². The van der Waals surface area contributed by atoms with Crippen LogP contribution in [0.1, 0.15) is 20.7 Å². The molecule has 23 heavy (non-hydrogen) atoms. The van der Waals surface area contributed by atoms with Gasteiger partial charge in [0.1, 0.15) is 0 Å². The first-order valence-electron chi connectivity index (χ1n) is 6.34. The molecule has 0 aliphatic carbocycles. The van der Waals surface area contributed by atoms with Crippen LogP contribution in [0.3, 0.4) is 0 Å². The zero-order valence-corrected chi connectivity index (χ0v) is 13.9. The molecule has 5 nitrogen and oxygen atoms in total. The number of nitrogens with one attached hydrogen (secondary N) is 2. The maximum atomic E-state index is 12.1. The third kappa shape index (κ3) is 4.66. The Morgan fingerprint density at radius 2 is 1.65 bits per heavy atom. The first-order valence-corrected chi connectivity index (χ1v) is 7.50. The fourth-order valence-corrected chi connectivity index (χ4v) is 2.55. The maximum absolute atomic E-state index is 12.1. The van der Waals surface area contributed by atoms with Gasteiger partial charge in [-0.1, -0.05) is 35.3 Å². The second-order valence-electron chi connectivity index (χ2n) is 4.48. The molecule has 8 heteroatoms. The van der Waals surface area contributed by atoms with E-state index in [-0.39, 0.29) is 16.2 Å². The molecule has 2 amide bonds. The Bertz CT molecular complexity index is 776. The predicted octanol–water partition coefficient (Wildman–Crippen LogP) is 3.22. The SMILES string of the molecule is NC(=O)c1ccccc1NC(=S)NC(=O)c1cc(Cl)cc(Cl)c1. The lowest BCUT2D eigenvalue weighted by Gasteiger charge is -2.12. The van der Waals surface area contributed by atoms with Crippen molar-refractivity contribution >= 4 is 58.0 Å². The number of para-hydroxylation sites is 1. The van der Waals surface area contributed by atoms with Crippen LogP contribution in [0.15, 0.2) is 42.5 Å². The van der Waals surface area contributed by atoms with E-state index >= 15 is 0 Å². The molecule has 0 saturated heterocycles. The molecular formula is C15H11Cl2N3O2S. The zero-order valence-electron chi connectivity index (χ0n) is 11.6. The van der Waals surface area contributed by atoms with Crippen LogP contribution in [0.4, 0.5) is 5.69 Å². The van der Waals surface area contributed by atoms with E-state index in [1.807, 2.05) is 0 Å². The van der Waals surface area contributed by atoms with E-state index in [1.165, 1.54) is 18.2 Å². The van der Waals surface area contributed by atoms with E-state index in [2.05, 4.69) is 10.6 Å². The first-order chi connectivity index (χ1) is 10.9. The van der Waals surface area contributed by atoms with Gasteiger partial charge >= 0.3 is 0 Å². The van der Waals surface area contributed by atoms with E-state index in [4.69, 9.17) is 41.2 Å². The third-order valence-corrected chi connectivity index (χ3v) is 3.43. The Kier molecular flexibility index (Phi) is 5.54. The van der Waals surface area contributed by atoms with Crippen LogP contribution in [0, 0.1) is 0 Å². The minimum absolute atomic E-state index is 0.0137. The molecule has 118 valence electrons. The Balaban J connectivity index is 2.11. The van der Waals surface area contributed by atoms with Crippen molar-refractivity contribution in [3.8, 4) is 0 Å². The summed E-state index contributed by atoms with van der Waals surface area (Å²) >= 11 is 16.8. The molecule has 0 fully saturated rings. The Hall–Kier alpha value is -2.15. The van der Waals surface area contributed by atoms with E-state index in [1.54, 1.807) is 24.3 Å². The molecule has 4 N–H and O–H groups in total. The highest BCUT2D eigenvalue weighted by molar-refractivity contribution is 7.80. The van der Waals surface area contributed by atoms with Crippen molar-refractivity contribution in [3.63, 3.8) is 0 Å². The molecule has 0 atom stereocenters. The fraction of sp³-hybridized carbons (Fsp3) is 0. The average Bonchev–Trinajstić information content (AvgIpc) is 2.46. The lowest BCUT2D eigenvalue weighted by molar-refractivity contribution is 0.0975. The third-order valence-electron chi connectivity index (χ3n) is 2.79. The molecule has 0 aromatic heterocycles. The van der Waals surface area contributed by atoms with Gasteiger partial charge in [0.2, 0.25) is 0 Å². The lowest BCUT2D eigenvalue weighted by atomic mass is 10.1. The van der Waals surface area contributed by atoms with Gasteiger partial charge in [0.05, 0.1) is 11.3 Å². The number of rotatable bonds is 3. The van der Waals surface area contributed by atoms with Gasteiger partial charge in [0, 0.05) is 15.6 Å². The van der Waals surface area contributed by atoms with E-state index in [0.29, 0.717) is 15.7 Å². The van der Waals surface area contributed by atoms with Gasteiger partial charge in [-0.15, -0.1) is 0 Å². The zero-order chi connectivity index (χ0) is 17.0. The second kappa shape index (κ2) is 7.41. The summed E-state index contributed by atoms with van der Waals surface area (Å²) < 4.78 is 0. The number of anilines is 1. The standard InChI is InChI=1S/C15H11Cl2N3O2S/c16-9-5-8(6-10(17)7-9)14(22)20-15(23)19-12-4-2-1-3-11(12)13(18)21/h1-7H,(H2,18,21)(H2,19,20,22,23). The van der Waals surface area contributed by atoms with Gasteiger partial charge in [-0.25, -0.2) is 0 Å². The quantitative estimate of drug-likeness (QED) is 0.727. The minimum atomic E-state index is -0.608. The predicted molar refractivity (Wildman–Crippen MR) is 95.1 cm³/mol. The number of hydrogen-bond donors (Lipinski definition) is 3. The first kappa shape index (κ1) is 17.2. The summed E-state index contributed by atoms with van der Waals surface area (Å²) in [5.74, 6) is -1.09. The highest BCUT2D eigenvalue weighted by atomic mass is 35.5. The van der Waals surface area contributed by atoms with Crippen LogP contribution in [0.5, 0.6) is 0 Å². The number of primary amides is 1. The van der Waals surface area contributed by atoms with Crippen molar-refractivity contribution in [2.45, 2.75) is 0 Å². The van der Waals surface area contributed by atoms with Crippen molar-refractivity contribution in [1.29, 1.82) is 0 Å². The number of halogens is 2. The van der Waals surface area contributed by atoms with Gasteiger partial charge in [0.25, 0.3) is 11.8 Å². The maximum Gasteiger partial charge on any atom is 0.257 e. The molecule has 0 saturated carbocycles. The normalized spacial score (nSPS) is 10.0. The number of nitrogens with two attached hydrogens (primary N) is 1. The smallest absolute Gasteiger partial charge is 0.257 e. The summed E-state index contributed by atoms with van der Waals surface area (Å²) in [6.07, 6.45) is 0. The largest absolute Gasteiger partial charge is 0.366 e. The van der Waals surface area contributed by atoms with Crippen LogP contribution >= 0.6 is 35.4 Å². The molecular weight excluding hydrogens is 357 g/mol. The van der Waals surface area contributed by atoms with Gasteiger partial charge in [-0.2, -0.15) is 0 Å². The van der Waals surface area contributed by atoms with Crippen LogP contribution < -0.4 is 16.4 Å². The summed E-state index contributed by atoms with van der Waals surface area (Å²) in [4.78, 5) is 23.5. The van der Waals surface area contributed by atoms with Gasteiger partial charge in [-0.3, -0.25) is 14.9 Å². The van der Waals surface area contributed by atoms with E-state index in [9.17, 15) is 9.59 Å². The molecule has 0 unspecified atom stereocenters. The summed E-state index contributed by atoms with van der Waals surface area (Å²) in [5.41, 5.74) is 6.19. The molecule has 0 aliphatic rings. The average molecular weight is 368 g/mol. The lowest BCUT2D eigenvalue weighted by Crippen LogP contribution is -2.34. The van der Waals surface area contributed by atoms with Crippen molar-refractivity contribution in [3.05, 3.63) is 63.6 Å². The monoisotopic (exact) mass is 367 g/mol. The molecule has 2 aromatic carbocycles. The Labute approximate surface area is 147 Å². The van der Waals surface area contributed by atoms with Crippen molar-refractivity contribution < 1.29 is 9.59 Å². The molecule has 2 aromatic rings. The summed E-state index contributed by atoms with van der Waals surface area (Å²) in [5, 5.41) is 5.91. The van der Waals surface area contributed by atoms with Crippen LogP contribution in [0.25, 0.3) is 0 Å². The van der Waals surface area contributed by atoms with Crippen molar-refractivity contribution in [1.82, 2.24) is 5.32 Å². The van der Waals surface area contributed by atoms with Crippen LogP contribution in [-0.2, 0) is 0 Å². The van der Waals surface area contributed by atoms with Gasteiger partial charge in [0.15, 0.2) is 5.11 Å². The molecule has 0 heterocycles. The van der Waals surface area contributed by atoms with Gasteiger partial charge < -0.3 is 11.1 Å².